The third-order valence-electron chi connectivity index (χ3n) is 2.47. The number of alkyl halides is 1. The maximum Gasteiger partial charge on any atom is 0.243 e. The average Bonchev–Trinajstić information content (AvgIpc) is 2.79. The van der Waals surface area contributed by atoms with Gasteiger partial charge in [-0.05, 0) is 18.6 Å². The lowest BCUT2D eigenvalue weighted by Gasteiger charge is -2.02. The Morgan fingerprint density at radius 2 is 2.21 bits per heavy atom. The Labute approximate surface area is 125 Å². The number of thiazole rings is 1. The molecular weight excluding hydrogens is 303 g/mol. The number of nitrogens with one attached hydrogen (secondary N) is 1. The molecule has 0 radical (unpaired) electrons. The Morgan fingerprint density at radius 1 is 1.47 bits per heavy atom. The molecule has 0 aliphatic rings. The molecular formula is C13H12Cl2N2OS. The van der Waals surface area contributed by atoms with Crippen molar-refractivity contribution >= 4 is 45.6 Å². The summed E-state index contributed by atoms with van der Waals surface area (Å²) < 4.78 is 0. The fourth-order valence-electron chi connectivity index (χ4n) is 1.48. The van der Waals surface area contributed by atoms with Crippen LogP contribution in [0.15, 0.2) is 30.5 Å². The minimum absolute atomic E-state index is 0.250. The minimum atomic E-state index is -0.573. The quantitative estimate of drug-likeness (QED) is 0.868. The van der Waals surface area contributed by atoms with Gasteiger partial charge in [0.2, 0.25) is 5.91 Å². The summed E-state index contributed by atoms with van der Waals surface area (Å²) >= 11 is 13.2. The van der Waals surface area contributed by atoms with Gasteiger partial charge in [-0.1, -0.05) is 29.8 Å². The number of benzene rings is 1. The number of amides is 1. The summed E-state index contributed by atoms with van der Waals surface area (Å²) in [6.45, 7) is 1.62. The highest BCUT2D eigenvalue weighted by Gasteiger charge is 2.12. The topological polar surface area (TPSA) is 42.0 Å². The molecule has 0 saturated heterocycles. The molecule has 0 saturated carbocycles. The number of rotatable bonds is 4. The lowest BCUT2D eigenvalue weighted by Crippen LogP contribution is -2.19. The van der Waals surface area contributed by atoms with Gasteiger partial charge in [0, 0.05) is 22.5 Å². The van der Waals surface area contributed by atoms with Gasteiger partial charge in [-0.15, -0.1) is 22.9 Å². The number of aromatic nitrogens is 1. The lowest BCUT2D eigenvalue weighted by atomic mass is 10.1. The van der Waals surface area contributed by atoms with Gasteiger partial charge < -0.3 is 5.32 Å². The summed E-state index contributed by atoms with van der Waals surface area (Å²) in [7, 11) is 0. The van der Waals surface area contributed by atoms with Crippen LogP contribution in [0.3, 0.4) is 0 Å². The summed E-state index contributed by atoms with van der Waals surface area (Å²) in [6, 6.07) is 7.67. The monoisotopic (exact) mass is 314 g/mol. The van der Waals surface area contributed by atoms with Gasteiger partial charge in [0.1, 0.15) is 5.38 Å². The normalized spacial score (nSPS) is 12.2. The van der Waals surface area contributed by atoms with Crippen molar-refractivity contribution in [1.29, 1.82) is 0 Å². The maximum atomic E-state index is 11.4. The summed E-state index contributed by atoms with van der Waals surface area (Å²) in [5, 5.41) is 3.38. The van der Waals surface area contributed by atoms with Crippen LogP contribution in [0.25, 0.3) is 0 Å². The number of hydrogen-bond donors (Lipinski definition) is 1. The van der Waals surface area contributed by atoms with E-state index in [1.807, 2.05) is 24.3 Å². The zero-order valence-corrected chi connectivity index (χ0v) is 12.5. The van der Waals surface area contributed by atoms with Crippen molar-refractivity contribution in [2.45, 2.75) is 18.7 Å². The van der Waals surface area contributed by atoms with Crippen LogP contribution in [-0.4, -0.2) is 16.3 Å². The summed E-state index contributed by atoms with van der Waals surface area (Å²) in [6.07, 6.45) is 2.44. The van der Waals surface area contributed by atoms with Crippen LogP contribution >= 0.6 is 34.5 Å². The van der Waals surface area contributed by atoms with Crippen LogP contribution in [0.2, 0.25) is 5.02 Å². The maximum absolute atomic E-state index is 11.4. The molecule has 1 atom stereocenters. The lowest BCUT2D eigenvalue weighted by molar-refractivity contribution is -0.115. The van der Waals surface area contributed by atoms with E-state index in [1.54, 1.807) is 13.1 Å². The molecule has 1 aromatic heterocycles. The van der Waals surface area contributed by atoms with E-state index < -0.39 is 5.38 Å². The number of carbonyl (C=O) groups excluding carboxylic acids is 1. The molecule has 2 rings (SSSR count). The number of nitrogens with zero attached hydrogens (tertiary/aromatic N) is 1. The Bertz CT molecular complexity index is 584. The van der Waals surface area contributed by atoms with Crippen molar-refractivity contribution in [3.05, 3.63) is 45.9 Å². The van der Waals surface area contributed by atoms with E-state index in [4.69, 9.17) is 23.2 Å². The highest BCUT2D eigenvalue weighted by molar-refractivity contribution is 7.15. The van der Waals surface area contributed by atoms with Crippen LogP contribution in [0.1, 0.15) is 17.4 Å². The van der Waals surface area contributed by atoms with E-state index >= 15 is 0 Å². The molecule has 0 fully saturated rings. The smallest absolute Gasteiger partial charge is 0.243 e. The van der Waals surface area contributed by atoms with Crippen molar-refractivity contribution in [3.63, 3.8) is 0 Å². The largest absolute Gasteiger partial charge is 0.301 e. The molecule has 6 heteroatoms. The number of hydrogen-bond acceptors (Lipinski definition) is 3. The van der Waals surface area contributed by atoms with E-state index in [2.05, 4.69) is 10.3 Å². The van der Waals surface area contributed by atoms with Gasteiger partial charge in [0.15, 0.2) is 5.13 Å². The highest BCUT2D eigenvalue weighted by atomic mass is 35.5. The molecule has 1 heterocycles. The van der Waals surface area contributed by atoms with E-state index in [0.29, 0.717) is 11.6 Å². The second-order valence-electron chi connectivity index (χ2n) is 4.01. The summed E-state index contributed by atoms with van der Waals surface area (Å²) in [4.78, 5) is 16.6. The van der Waals surface area contributed by atoms with Crippen molar-refractivity contribution in [2.75, 3.05) is 5.32 Å². The number of halogens is 2. The molecule has 2 aromatic rings. The van der Waals surface area contributed by atoms with Gasteiger partial charge in [0.05, 0.1) is 0 Å². The molecule has 0 spiro atoms. The van der Waals surface area contributed by atoms with Crippen molar-refractivity contribution in [1.82, 2.24) is 4.98 Å². The Kier molecular flexibility index (Phi) is 4.80. The standard InChI is InChI=1S/C13H12Cl2N2OS/c1-8(14)12(18)17-13-16-7-10(19-13)6-9-4-2-3-5-11(9)15/h2-5,7-8H,6H2,1H3,(H,16,17,18)/t8-/m1/s1. The van der Waals surface area contributed by atoms with Crippen LogP contribution in [0.5, 0.6) is 0 Å². The Morgan fingerprint density at radius 3 is 2.89 bits per heavy atom. The number of carbonyl (C=O) groups is 1. The van der Waals surface area contributed by atoms with Gasteiger partial charge >= 0.3 is 0 Å². The fraction of sp³-hybridized carbons (Fsp3) is 0.231. The van der Waals surface area contributed by atoms with E-state index in [-0.39, 0.29) is 5.91 Å². The van der Waals surface area contributed by atoms with Crippen LogP contribution in [0.4, 0.5) is 5.13 Å². The zero-order valence-electron chi connectivity index (χ0n) is 10.2. The fourth-order valence-corrected chi connectivity index (χ4v) is 2.58. The van der Waals surface area contributed by atoms with Gasteiger partial charge in [-0.25, -0.2) is 4.98 Å². The molecule has 0 bridgehead atoms. The Balaban J connectivity index is 2.06. The highest BCUT2D eigenvalue weighted by Crippen LogP contribution is 2.24. The third kappa shape index (κ3) is 3.93. The molecule has 3 nitrogen and oxygen atoms in total. The summed E-state index contributed by atoms with van der Waals surface area (Å²) in [5.41, 5.74) is 1.04. The Hall–Kier alpha value is -1.10. The average molecular weight is 315 g/mol. The number of anilines is 1. The van der Waals surface area contributed by atoms with Crippen LogP contribution in [0, 0.1) is 0 Å². The first kappa shape index (κ1) is 14.3. The van der Waals surface area contributed by atoms with Crippen LogP contribution in [-0.2, 0) is 11.2 Å². The van der Waals surface area contributed by atoms with Crippen molar-refractivity contribution in [3.8, 4) is 0 Å². The summed E-state index contributed by atoms with van der Waals surface area (Å²) in [5.74, 6) is -0.250. The van der Waals surface area contributed by atoms with E-state index in [9.17, 15) is 4.79 Å². The van der Waals surface area contributed by atoms with Gasteiger partial charge in [-0.3, -0.25) is 4.79 Å². The van der Waals surface area contributed by atoms with Crippen LogP contribution < -0.4 is 5.32 Å². The SMILES string of the molecule is C[C@@H](Cl)C(=O)Nc1ncc(Cc2ccccc2Cl)s1. The van der Waals surface area contributed by atoms with Crippen molar-refractivity contribution in [2.24, 2.45) is 0 Å². The molecule has 0 aliphatic heterocycles. The first-order valence-corrected chi connectivity index (χ1v) is 7.32. The predicted octanol–water partition coefficient (Wildman–Crippen LogP) is 3.95. The molecule has 1 N–H and O–H groups in total. The minimum Gasteiger partial charge on any atom is -0.301 e. The predicted molar refractivity (Wildman–Crippen MR) is 80.3 cm³/mol. The second-order valence-corrected chi connectivity index (χ2v) is 6.18. The molecule has 1 aromatic carbocycles. The molecule has 1 amide bonds. The second kappa shape index (κ2) is 6.37. The molecule has 100 valence electrons. The van der Waals surface area contributed by atoms with Gasteiger partial charge in [-0.2, -0.15) is 0 Å². The van der Waals surface area contributed by atoms with E-state index in [1.165, 1.54) is 11.3 Å². The molecule has 19 heavy (non-hydrogen) atoms. The van der Waals surface area contributed by atoms with Crippen molar-refractivity contribution < 1.29 is 4.79 Å². The first-order valence-electron chi connectivity index (χ1n) is 5.69. The zero-order chi connectivity index (χ0) is 13.8. The van der Waals surface area contributed by atoms with E-state index in [0.717, 1.165) is 15.5 Å². The van der Waals surface area contributed by atoms with Gasteiger partial charge in [0.25, 0.3) is 0 Å². The first-order chi connectivity index (χ1) is 9.06. The molecule has 0 aliphatic carbocycles. The third-order valence-corrected chi connectivity index (χ3v) is 3.95. The molecule has 0 unspecified atom stereocenters.